The maximum absolute atomic E-state index is 13.4. The minimum Gasteiger partial charge on any atom is -0.494 e. The third kappa shape index (κ3) is 9.23. The molecule has 0 fully saturated rings. The second kappa shape index (κ2) is 16.1. The lowest BCUT2D eigenvalue weighted by Crippen LogP contribution is -2.16. The van der Waals surface area contributed by atoms with Crippen molar-refractivity contribution in [1.82, 2.24) is 9.55 Å². The first-order valence-electron chi connectivity index (χ1n) is 15.7. The van der Waals surface area contributed by atoms with E-state index in [0.717, 1.165) is 38.4 Å². The molecule has 51 heavy (non-hydrogen) atoms. The third-order valence-electron chi connectivity index (χ3n) is 7.86. The van der Waals surface area contributed by atoms with Crippen LogP contribution in [0.4, 0.5) is 4.39 Å². The molecule has 5 N–H and O–H groups in total. The SMILES string of the molecule is O=c1[nH]c(O)c(Cc2ccc(OCC(O)c3cccc(OCn4c(O)c(Cc5ccc(OCC(O)c6cccc(F)c6)cc5)sc4=O)c3)cc2)s1. The van der Waals surface area contributed by atoms with Crippen molar-refractivity contribution in [3.05, 3.63) is 154 Å². The van der Waals surface area contributed by atoms with Crippen LogP contribution < -0.4 is 24.0 Å². The molecule has 0 saturated carbocycles. The highest BCUT2D eigenvalue weighted by Gasteiger charge is 2.17. The van der Waals surface area contributed by atoms with Crippen LogP contribution in [-0.4, -0.2) is 43.2 Å². The van der Waals surface area contributed by atoms with Crippen LogP contribution in [0.15, 0.2) is 107 Å². The fraction of sp³-hybridized carbons (Fsp3) is 0.189. The minimum atomic E-state index is -0.996. The number of hydrogen-bond donors (Lipinski definition) is 5. The van der Waals surface area contributed by atoms with Gasteiger partial charge in [0.25, 0.3) is 0 Å². The molecule has 6 aromatic rings. The number of aliphatic hydroxyl groups excluding tert-OH is 2. The summed E-state index contributed by atoms with van der Waals surface area (Å²) in [6, 6.07) is 26.5. The molecule has 4 aromatic carbocycles. The zero-order chi connectivity index (χ0) is 35.9. The van der Waals surface area contributed by atoms with Crippen LogP contribution in [0, 0.1) is 5.82 Å². The maximum atomic E-state index is 13.4. The number of rotatable bonds is 15. The van der Waals surface area contributed by atoms with Crippen LogP contribution in [0.1, 0.15) is 44.2 Å². The first-order valence-corrected chi connectivity index (χ1v) is 17.3. The number of ether oxygens (including phenoxy) is 3. The van der Waals surface area contributed by atoms with Gasteiger partial charge in [-0.25, -0.2) is 8.96 Å². The third-order valence-corrected chi connectivity index (χ3v) is 9.70. The molecule has 2 unspecified atom stereocenters. The van der Waals surface area contributed by atoms with Crippen LogP contribution in [0.2, 0.25) is 0 Å². The molecule has 0 aliphatic carbocycles. The molecule has 14 heteroatoms. The first-order chi connectivity index (χ1) is 24.6. The van der Waals surface area contributed by atoms with Crippen LogP contribution in [0.5, 0.6) is 29.0 Å². The van der Waals surface area contributed by atoms with Crippen LogP contribution in [0.3, 0.4) is 0 Å². The summed E-state index contributed by atoms with van der Waals surface area (Å²) in [7, 11) is 0. The van der Waals surface area contributed by atoms with E-state index in [1.807, 2.05) is 12.1 Å². The van der Waals surface area contributed by atoms with Gasteiger partial charge in [0, 0.05) is 12.8 Å². The van der Waals surface area contributed by atoms with E-state index in [1.165, 1.54) is 18.2 Å². The first kappa shape index (κ1) is 35.4. The number of aromatic nitrogens is 2. The number of thiazole rings is 2. The van der Waals surface area contributed by atoms with Crippen molar-refractivity contribution in [2.45, 2.75) is 31.8 Å². The predicted molar refractivity (Wildman–Crippen MR) is 190 cm³/mol. The number of hydrogen-bond acceptors (Lipinski definition) is 11. The highest BCUT2D eigenvalue weighted by atomic mass is 32.1. The average Bonchev–Trinajstić information content (AvgIpc) is 3.59. The van der Waals surface area contributed by atoms with Crippen molar-refractivity contribution >= 4 is 22.7 Å². The monoisotopic (exact) mass is 732 g/mol. The number of nitrogens with zero attached hydrogens (tertiary/aromatic N) is 1. The van der Waals surface area contributed by atoms with Gasteiger partial charge in [0.1, 0.15) is 48.5 Å². The molecule has 0 aliphatic heterocycles. The molecule has 11 nitrogen and oxygen atoms in total. The van der Waals surface area contributed by atoms with Gasteiger partial charge in [0.2, 0.25) is 11.8 Å². The zero-order valence-electron chi connectivity index (χ0n) is 26.9. The number of nitrogens with one attached hydrogen (secondary N) is 1. The molecule has 0 saturated heterocycles. The minimum absolute atomic E-state index is 0.0406. The Kier molecular flexibility index (Phi) is 11.2. The Balaban J connectivity index is 0.992. The Hall–Kier alpha value is -5.41. The summed E-state index contributed by atoms with van der Waals surface area (Å²) in [5, 5.41) is 41.7. The summed E-state index contributed by atoms with van der Waals surface area (Å²) >= 11 is 1.86. The summed E-state index contributed by atoms with van der Waals surface area (Å²) in [6.07, 6.45) is -1.31. The Bertz CT molecular complexity index is 2190. The lowest BCUT2D eigenvalue weighted by atomic mass is 10.1. The van der Waals surface area contributed by atoms with E-state index in [-0.39, 0.29) is 43.0 Å². The highest BCUT2D eigenvalue weighted by Crippen LogP contribution is 2.27. The van der Waals surface area contributed by atoms with Crippen molar-refractivity contribution in [2.24, 2.45) is 0 Å². The fourth-order valence-electron chi connectivity index (χ4n) is 5.13. The summed E-state index contributed by atoms with van der Waals surface area (Å²) in [5.74, 6) is 0.627. The van der Waals surface area contributed by atoms with Crippen LogP contribution >= 0.6 is 22.7 Å². The number of halogens is 1. The number of benzene rings is 4. The number of aromatic hydroxyl groups is 2. The molecular weight excluding hydrogens is 700 g/mol. The van der Waals surface area contributed by atoms with E-state index in [2.05, 4.69) is 4.98 Å². The van der Waals surface area contributed by atoms with Gasteiger partial charge in [-0.3, -0.25) is 14.6 Å². The molecule has 0 amide bonds. The molecule has 2 atom stereocenters. The van der Waals surface area contributed by atoms with Gasteiger partial charge in [0.15, 0.2) is 6.73 Å². The van der Waals surface area contributed by atoms with Gasteiger partial charge in [-0.15, -0.1) is 0 Å². The second-order valence-electron chi connectivity index (χ2n) is 11.5. The van der Waals surface area contributed by atoms with Gasteiger partial charge in [-0.1, -0.05) is 71.2 Å². The van der Waals surface area contributed by atoms with E-state index in [9.17, 15) is 34.4 Å². The molecule has 0 bridgehead atoms. The van der Waals surface area contributed by atoms with E-state index >= 15 is 0 Å². The number of H-pyrrole nitrogens is 1. The molecule has 0 aliphatic rings. The molecule has 264 valence electrons. The normalized spacial score (nSPS) is 12.4. The molecule has 2 heterocycles. The van der Waals surface area contributed by atoms with Crippen molar-refractivity contribution in [3.63, 3.8) is 0 Å². The molecule has 6 rings (SSSR count). The van der Waals surface area contributed by atoms with Crippen molar-refractivity contribution in [3.8, 4) is 29.0 Å². The Morgan fingerprint density at radius 2 is 1.25 bits per heavy atom. The van der Waals surface area contributed by atoms with Gasteiger partial charge < -0.3 is 34.6 Å². The van der Waals surface area contributed by atoms with Crippen molar-refractivity contribution in [1.29, 1.82) is 0 Å². The average molecular weight is 733 g/mol. The van der Waals surface area contributed by atoms with E-state index in [4.69, 9.17) is 14.2 Å². The van der Waals surface area contributed by atoms with Crippen molar-refractivity contribution < 1.29 is 39.0 Å². The zero-order valence-corrected chi connectivity index (χ0v) is 28.5. The lowest BCUT2D eigenvalue weighted by molar-refractivity contribution is 0.107. The Labute approximate surface area is 298 Å². The van der Waals surface area contributed by atoms with E-state index in [1.54, 1.807) is 66.7 Å². The maximum Gasteiger partial charge on any atom is 0.313 e. The second-order valence-corrected chi connectivity index (χ2v) is 13.6. The summed E-state index contributed by atoms with van der Waals surface area (Å²) in [5.41, 5.74) is 2.63. The summed E-state index contributed by atoms with van der Waals surface area (Å²) in [6.45, 7) is -0.350. The molecular formula is C37H33FN2O9S2. The summed E-state index contributed by atoms with van der Waals surface area (Å²) in [4.78, 5) is 26.8. The molecule has 0 spiro atoms. The van der Waals surface area contributed by atoms with Gasteiger partial charge >= 0.3 is 9.75 Å². The van der Waals surface area contributed by atoms with Gasteiger partial charge in [0.05, 0.1) is 9.75 Å². The topological polar surface area (TPSA) is 163 Å². The number of aliphatic hydroxyl groups is 2. The summed E-state index contributed by atoms with van der Waals surface area (Å²) < 4.78 is 31.8. The van der Waals surface area contributed by atoms with Gasteiger partial charge in [-0.2, -0.15) is 0 Å². The van der Waals surface area contributed by atoms with Crippen LogP contribution in [-0.2, 0) is 19.6 Å². The fourth-order valence-corrected chi connectivity index (χ4v) is 6.79. The van der Waals surface area contributed by atoms with Crippen molar-refractivity contribution in [2.75, 3.05) is 13.2 Å². The van der Waals surface area contributed by atoms with Gasteiger partial charge in [-0.05, 0) is 70.8 Å². The standard InChI is InChI=1S/C37H33FN2O9S2/c38-26-5-1-3-24(17-26)30(41)19-47-28-13-9-23(10-14-28)16-33-35(44)40(37(46)51-33)21-49-29-6-2-4-25(18-29)31(42)20-48-27-11-7-22(8-12-27)15-32-34(43)39-36(45)50-32/h1-14,17-18,30-31,41-44H,15-16,19-21H2,(H,39,45). The lowest BCUT2D eigenvalue weighted by Gasteiger charge is -2.15. The largest absolute Gasteiger partial charge is 0.494 e. The Morgan fingerprint density at radius 1 is 0.686 bits per heavy atom. The highest BCUT2D eigenvalue weighted by molar-refractivity contribution is 7.09. The smallest absolute Gasteiger partial charge is 0.313 e. The van der Waals surface area contributed by atoms with E-state index < -0.39 is 22.9 Å². The van der Waals surface area contributed by atoms with E-state index in [0.29, 0.717) is 44.6 Å². The number of aromatic amines is 1. The molecule has 0 radical (unpaired) electrons. The molecule has 2 aromatic heterocycles. The quantitative estimate of drug-likeness (QED) is 0.0898. The Morgan fingerprint density at radius 3 is 1.82 bits per heavy atom. The van der Waals surface area contributed by atoms with Crippen LogP contribution in [0.25, 0.3) is 0 Å². The predicted octanol–water partition coefficient (Wildman–Crippen LogP) is 5.65.